The Hall–Kier alpha value is -1.88. The molecule has 2 heterocycles. The van der Waals surface area contributed by atoms with Gasteiger partial charge in [-0.2, -0.15) is 0 Å². The number of rotatable bonds is 2. The number of benzene rings is 1. The molecule has 2 aromatic rings. The summed E-state index contributed by atoms with van der Waals surface area (Å²) in [5.74, 6) is 0. The smallest absolute Gasteiger partial charge is 0.260 e. The van der Waals surface area contributed by atoms with Gasteiger partial charge in [-0.1, -0.05) is 0 Å². The number of aromatic nitrogens is 2. The molecule has 1 aromatic heterocycles. The van der Waals surface area contributed by atoms with E-state index in [2.05, 4.69) is 28.6 Å². The summed E-state index contributed by atoms with van der Waals surface area (Å²) in [7, 11) is 1.73. The van der Waals surface area contributed by atoms with Crippen LogP contribution in [-0.4, -0.2) is 46.7 Å². The van der Waals surface area contributed by atoms with Crippen molar-refractivity contribution >= 4 is 16.6 Å². The van der Waals surface area contributed by atoms with Crippen molar-refractivity contribution in [1.29, 1.82) is 0 Å². The van der Waals surface area contributed by atoms with Crippen molar-refractivity contribution in [2.45, 2.75) is 19.9 Å². The maximum Gasteiger partial charge on any atom is 0.260 e. The minimum absolute atomic E-state index is 0.0103. The van der Waals surface area contributed by atoms with Crippen LogP contribution in [0.1, 0.15) is 13.8 Å². The third-order valence-electron chi connectivity index (χ3n) is 4.31. The lowest BCUT2D eigenvalue weighted by Crippen LogP contribution is -2.48. The standard InChI is InChI=1S/C16H22N4O/c1-12(2)19-6-8-20(9-7-19)13-4-5-14-15(10-13)17-11-18(3)16(14)21/h4-5,10-12H,6-9H2,1-3H3. The van der Waals surface area contributed by atoms with Crippen molar-refractivity contribution in [3.63, 3.8) is 0 Å². The molecule has 0 bridgehead atoms. The SMILES string of the molecule is CC(C)N1CCN(c2ccc3c(=O)n(C)cnc3c2)CC1. The van der Waals surface area contributed by atoms with Gasteiger partial charge in [0.25, 0.3) is 5.56 Å². The molecule has 112 valence electrons. The second kappa shape index (κ2) is 5.48. The molecule has 1 aliphatic heterocycles. The zero-order chi connectivity index (χ0) is 15.0. The van der Waals surface area contributed by atoms with E-state index in [-0.39, 0.29) is 5.56 Å². The van der Waals surface area contributed by atoms with Gasteiger partial charge in [0.1, 0.15) is 0 Å². The van der Waals surface area contributed by atoms with E-state index in [4.69, 9.17) is 0 Å². The van der Waals surface area contributed by atoms with Crippen LogP contribution in [0.4, 0.5) is 5.69 Å². The van der Waals surface area contributed by atoms with Gasteiger partial charge in [0.15, 0.2) is 0 Å². The molecule has 1 aliphatic rings. The molecular weight excluding hydrogens is 264 g/mol. The first kappa shape index (κ1) is 14.1. The van der Waals surface area contributed by atoms with Crippen LogP contribution in [0.5, 0.6) is 0 Å². The predicted octanol–water partition coefficient (Wildman–Crippen LogP) is 1.46. The van der Waals surface area contributed by atoms with Crippen LogP contribution in [0.15, 0.2) is 29.3 Å². The molecule has 0 saturated carbocycles. The second-order valence-corrected chi connectivity index (χ2v) is 5.98. The van der Waals surface area contributed by atoms with Crippen LogP contribution < -0.4 is 10.5 Å². The van der Waals surface area contributed by atoms with E-state index in [1.807, 2.05) is 18.2 Å². The molecule has 0 unspecified atom stereocenters. The van der Waals surface area contributed by atoms with Gasteiger partial charge in [-0.05, 0) is 32.0 Å². The quantitative estimate of drug-likeness (QED) is 0.838. The fourth-order valence-electron chi connectivity index (χ4n) is 2.89. The number of hydrogen-bond donors (Lipinski definition) is 0. The number of piperazine rings is 1. The molecular formula is C16H22N4O. The Kier molecular flexibility index (Phi) is 3.68. The van der Waals surface area contributed by atoms with Crippen molar-refractivity contribution in [3.8, 4) is 0 Å². The third-order valence-corrected chi connectivity index (χ3v) is 4.31. The average Bonchev–Trinajstić information content (AvgIpc) is 2.51. The maximum absolute atomic E-state index is 12.0. The number of anilines is 1. The fraction of sp³-hybridized carbons (Fsp3) is 0.500. The Morgan fingerprint density at radius 2 is 1.86 bits per heavy atom. The number of nitrogens with zero attached hydrogens (tertiary/aromatic N) is 4. The van der Waals surface area contributed by atoms with Gasteiger partial charge >= 0.3 is 0 Å². The lowest BCUT2D eigenvalue weighted by Gasteiger charge is -2.38. The first-order valence-electron chi connectivity index (χ1n) is 7.50. The number of hydrogen-bond acceptors (Lipinski definition) is 4. The summed E-state index contributed by atoms with van der Waals surface area (Å²) >= 11 is 0. The van der Waals surface area contributed by atoms with Crippen molar-refractivity contribution in [3.05, 3.63) is 34.9 Å². The molecule has 1 aromatic carbocycles. The van der Waals surface area contributed by atoms with Crippen LogP contribution in [0.2, 0.25) is 0 Å². The molecule has 0 spiro atoms. The normalized spacial score (nSPS) is 16.9. The summed E-state index contributed by atoms with van der Waals surface area (Å²) in [4.78, 5) is 21.3. The Balaban J connectivity index is 1.86. The average molecular weight is 286 g/mol. The first-order valence-corrected chi connectivity index (χ1v) is 7.50. The summed E-state index contributed by atoms with van der Waals surface area (Å²) in [6, 6.07) is 6.57. The molecule has 0 amide bonds. The fourth-order valence-corrected chi connectivity index (χ4v) is 2.89. The highest BCUT2D eigenvalue weighted by molar-refractivity contribution is 5.81. The van der Waals surface area contributed by atoms with Gasteiger partial charge in [0, 0.05) is 45.0 Å². The van der Waals surface area contributed by atoms with Gasteiger partial charge in [0.2, 0.25) is 0 Å². The van der Waals surface area contributed by atoms with E-state index in [9.17, 15) is 4.79 Å². The van der Waals surface area contributed by atoms with E-state index in [0.29, 0.717) is 11.4 Å². The molecule has 1 fully saturated rings. The summed E-state index contributed by atoms with van der Waals surface area (Å²) < 4.78 is 1.52. The largest absolute Gasteiger partial charge is 0.369 e. The summed E-state index contributed by atoms with van der Waals surface area (Å²) in [6.45, 7) is 8.69. The Morgan fingerprint density at radius 3 is 2.52 bits per heavy atom. The Labute approximate surface area is 124 Å². The van der Waals surface area contributed by atoms with Crippen molar-refractivity contribution in [2.75, 3.05) is 31.1 Å². The van der Waals surface area contributed by atoms with Crippen LogP contribution in [-0.2, 0) is 7.05 Å². The molecule has 0 N–H and O–H groups in total. The van der Waals surface area contributed by atoms with Crippen LogP contribution in [0, 0.1) is 0 Å². The van der Waals surface area contributed by atoms with Gasteiger partial charge < -0.3 is 9.47 Å². The zero-order valence-electron chi connectivity index (χ0n) is 12.9. The Morgan fingerprint density at radius 1 is 1.14 bits per heavy atom. The molecule has 3 rings (SSSR count). The third kappa shape index (κ3) is 2.65. The molecule has 5 nitrogen and oxygen atoms in total. The van der Waals surface area contributed by atoms with Gasteiger partial charge in [0.05, 0.1) is 17.2 Å². The highest BCUT2D eigenvalue weighted by Gasteiger charge is 2.19. The van der Waals surface area contributed by atoms with E-state index in [1.165, 1.54) is 4.57 Å². The molecule has 0 aliphatic carbocycles. The molecule has 0 radical (unpaired) electrons. The monoisotopic (exact) mass is 286 g/mol. The minimum Gasteiger partial charge on any atom is -0.369 e. The Bertz CT molecular complexity index is 699. The summed E-state index contributed by atoms with van der Waals surface area (Å²) in [5.41, 5.74) is 1.95. The lowest BCUT2D eigenvalue weighted by atomic mass is 10.2. The summed E-state index contributed by atoms with van der Waals surface area (Å²) in [5, 5.41) is 0.685. The summed E-state index contributed by atoms with van der Waals surface area (Å²) in [6.07, 6.45) is 1.59. The highest BCUT2D eigenvalue weighted by Crippen LogP contribution is 2.20. The van der Waals surface area contributed by atoms with E-state index < -0.39 is 0 Å². The molecule has 21 heavy (non-hydrogen) atoms. The number of fused-ring (bicyclic) bond motifs is 1. The van der Waals surface area contributed by atoms with Crippen molar-refractivity contribution in [2.24, 2.45) is 7.05 Å². The predicted molar refractivity (Wildman–Crippen MR) is 85.9 cm³/mol. The van der Waals surface area contributed by atoms with E-state index >= 15 is 0 Å². The maximum atomic E-state index is 12.0. The van der Waals surface area contributed by atoms with Crippen molar-refractivity contribution < 1.29 is 0 Å². The highest BCUT2D eigenvalue weighted by atomic mass is 16.1. The minimum atomic E-state index is 0.0103. The van der Waals surface area contributed by atoms with Crippen LogP contribution in [0.3, 0.4) is 0 Å². The van der Waals surface area contributed by atoms with Crippen LogP contribution >= 0.6 is 0 Å². The zero-order valence-corrected chi connectivity index (χ0v) is 12.9. The van der Waals surface area contributed by atoms with E-state index in [0.717, 1.165) is 37.4 Å². The molecule has 0 atom stereocenters. The van der Waals surface area contributed by atoms with Crippen molar-refractivity contribution in [1.82, 2.24) is 14.5 Å². The molecule has 1 saturated heterocycles. The lowest BCUT2D eigenvalue weighted by molar-refractivity contribution is 0.209. The number of aryl methyl sites for hydroxylation is 1. The topological polar surface area (TPSA) is 41.4 Å². The molecule has 5 heteroatoms. The van der Waals surface area contributed by atoms with Gasteiger partial charge in [-0.3, -0.25) is 9.69 Å². The van der Waals surface area contributed by atoms with Gasteiger partial charge in [-0.15, -0.1) is 0 Å². The van der Waals surface area contributed by atoms with Gasteiger partial charge in [-0.25, -0.2) is 4.98 Å². The first-order chi connectivity index (χ1) is 10.1. The second-order valence-electron chi connectivity index (χ2n) is 5.98. The van der Waals surface area contributed by atoms with E-state index in [1.54, 1.807) is 13.4 Å². The van der Waals surface area contributed by atoms with Crippen LogP contribution in [0.25, 0.3) is 10.9 Å².